The van der Waals surface area contributed by atoms with Crippen molar-refractivity contribution in [3.63, 3.8) is 0 Å². The number of ether oxygens (including phenoxy) is 1. The molecule has 3 rings (SSSR count). The normalized spacial score (nSPS) is 13.3. The monoisotopic (exact) mass is 352 g/mol. The largest absolute Gasteiger partial charge is 0.484 e. The van der Waals surface area contributed by atoms with Gasteiger partial charge in [-0.3, -0.25) is 9.59 Å². The zero-order valence-electron chi connectivity index (χ0n) is 15.2. The molecule has 0 fully saturated rings. The highest BCUT2D eigenvalue weighted by molar-refractivity contribution is 5.97. The van der Waals surface area contributed by atoms with E-state index in [-0.39, 0.29) is 18.4 Å². The first-order chi connectivity index (χ1) is 12.6. The van der Waals surface area contributed by atoms with Gasteiger partial charge in [0.05, 0.1) is 0 Å². The molecule has 0 atom stereocenters. The second-order valence-corrected chi connectivity index (χ2v) is 6.54. The van der Waals surface area contributed by atoms with Crippen LogP contribution in [0.5, 0.6) is 5.75 Å². The van der Waals surface area contributed by atoms with Crippen molar-refractivity contribution >= 4 is 23.2 Å². The number of aryl methyl sites for hydroxylation is 2. The number of hydrogen-bond donors (Lipinski definition) is 1. The number of benzene rings is 2. The molecule has 136 valence electrons. The van der Waals surface area contributed by atoms with E-state index in [1.807, 2.05) is 54.3 Å². The van der Waals surface area contributed by atoms with E-state index in [1.54, 1.807) is 0 Å². The molecule has 0 radical (unpaired) electrons. The Kier molecular flexibility index (Phi) is 5.56. The third kappa shape index (κ3) is 4.23. The molecule has 0 saturated carbocycles. The quantitative estimate of drug-likeness (QED) is 0.862. The van der Waals surface area contributed by atoms with Crippen molar-refractivity contribution in [2.24, 2.45) is 0 Å². The van der Waals surface area contributed by atoms with Crippen molar-refractivity contribution in [3.05, 3.63) is 53.6 Å². The number of hydrogen-bond acceptors (Lipinski definition) is 3. The maximum absolute atomic E-state index is 12.1. The summed E-state index contributed by atoms with van der Waals surface area (Å²) in [7, 11) is 0. The number of amides is 2. The summed E-state index contributed by atoms with van der Waals surface area (Å²) in [6, 6.07) is 13.3. The van der Waals surface area contributed by atoms with Crippen LogP contribution in [0.25, 0.3) is 0 Å². The van der Waals surface area contributed by atoms with Gasteiger partial charge in [-0.25, -0.2) is 0 Å². The van der Waals surface area contributed by atoms with Crippen LogP contribution in [0.2, 0.25) is 0 Å². The van der Waals surface area contributed by atoms with E-state index in [0.717, 1.165) is 35.5 Å². The molecular weight excluding hydrogens is 328 g/mol. The second-order valence-electron chi connectivity index (χ2n) is 6.54. The lowest BCUT2D eigenvalue weighted by atomic mass is 10.00. The Morgan fingerprint density at radius 1 is 1.15 bits per heavy atom. The second kappa shape index (κ2) is 8.04. The minimum absolute atomic E-state index is 0.0411. The number of fused-ring (bicyclic) bond motifs is 1. The summed E-state index contributed by atoms with van der Waals surface area (Å²) in [6.45, 7) is 4.74. The standard InChI is InChI=1S/C21H24N2O3/c1-3-12-23-19-10-7-17(13-16(19)6-11-21(23)25)22-20(24)14-26-18-8-4-15(2)5-9-18/h4-5,7-10,13H,3,6,11-12,14H2,1-2H3,(H,22,24). The molecule has 26 heavy (non-hydrogen) atoms. The van der Waals surface area contributed by atoms with Gasteiger partial charge in [-0.2, -0.15) is 0 Å². The summed E-state index contributed by atoms with van der Waals surface area (Å²) in [5.41, 5.74) is 3.92. The molecule has 0 bridgehead atoms. The van der Waals surface area contributed by atoms with Gasteiger partial charge < -0.3 is 15.0 Å². The Hall–Kier alpha value is -2.82. The first-order valence-corrected chi connectivity index (χ1v) is 8.99. The predicted octanol–water partition coefficient (Wildman–Crippen LogP) is 3.70. The summed E-state index contributed by atoms with van der Waals surface area (Å²) in [6.07, 6.45) is 2.14. The third-order valence-electron chi connectivity index (χ3n) is 4.40. The highest BCUT2D eigenvalue weighted by Crippen LogP contribution is 2.30. The van der Waals surface area contributed by atoms with Gasteiger partial charge in [-0.05, 0) is 55.7 Å². The van der Waals surface area contributed by atoms with E-state index in [0.29, 0.717) is 18.6 Å². The number of nitrogens with one attached hydrogen (secondary N) is 1. The van der Waals surface area contributed by atoms with E-state index >= 15 is 0 Å². The lowest BCUT2D eigenvalue weighted by molar-refractivity contribution is -0.119. The van der Waals surface area contributed by atoms with Crippen LogP contribution in [-0.4, -0.2) is 25.0 Å². The molecule has 1 aliphatic heterocycles. The van der Waals surface area contributed by atoms with Crippen molar-refractivity contribution in [1.29, 1.82) is 0 Å². The fourth-order valence-corrected chi connectivity index (χ4v) is 3.09. The van der Waals surface area contributed by atoms with Crippen molar-refractivity contribution in [2.75, 3.05) is 23.4 Å². The van der Waals surface area contributed by atoms with Crippen LogP contribution in [0.15, 0.2) is 42.5 Å². The Balaban J connectivity index is 1.62. The smallest absolute Gasteiger partial charge is 0.262 e. The third-order valence-corrected chi connectivity index (χ3v) is 4.40. The van der Waals surface area contributed by atoms with Crippen molar-refractivity contribution in [3.8, 4) is 5.75 Å². The zero-order chi connectivity index (χ0) is 18.5. The average molecular weight is 352 g/mol. The van der Waals surface area contributed by atoms with Crippen LogP contribution in [0.4, 0.5) is 11.4 Å². The Morgan fingerprint density at radius 2 is 1.92 bits per heavy atom. The topological polar surface area (TPSA) is 58.6 Å². The summed E-state index contributed by atoms with van der Waals surface area (Å²) >= 11 is 0. The molecule has 0 spiro atoms. The molecule has 1 aliphatic rings. The Morgan fingerprint density at radius 3 is 2.65 bits per heavy atom. The molecule has 0 aromatic heterocycles. The fraction of sp³-hybridized carbons (Fsp3) is 0.333. The van der Waals surface area contributed by atoms with E-state index < -0.39 is 0 Å². The van der Waals surface area contributed by atoms with Crippen LogP contribution in [0, 0.1) is 6.92 Å². The number of carbonyl (C=O) groups is 2. The van der Waals surface area contributed by atoms with E-state index in [9.17, 15) is 9.59 Å². The molecule has 0 aliphatic carbocycles. The minimum Gasteiger partial charge on any atom is -0.484 e. The number of anilines is 2. The highest BCUT2D eigenvalue weighted by atomic mass is 16.5. The van der Waals surface area contributed by atoms with Crippen LogP contribution in [-0.2, 0) is 16.0 Å². The van der Waals surface area contributed by atoms with Gasteiger partial charge in [-0.1, -0.05) is 24.6 Å². The van der Waals surface area contributed by atoms with E-state index in [2.05, 4.69) is 12.2 Å². The first kappa shape index (κ1) is 18.0. The molecule has 0 saturated heterocycles. The van der Waals surface area contributed by atoms with Gasteiger partial charge in [-0.15, -0.1) is 0 Å². The van der Waals surface area contributed by atoms with Crippen LogP contribution < -0.4 is 15.0 Å². The summed E-state index contributed by atoms with van der Waals surface area (Å²) in [5.74, 6) is 0.635. The summed E-state index contributed by atoms with van der Waals surface area (Å²) in [5, 5.41) is 2.86. The van der Waals surface area contributed by atoms with Crippen LogP contribution in [0.1, 0.15) is 30.9 Å². The maximum atomic E-state index is 12.1. The maximum Gasteiger partial charge on any atom is 0.262 e. The molecular formula is C21H24N2O3. The van der Waals surface area contributed by atoms with E-state index in [4.69, 9.17) is 4.74 Å². The van der Waals surface area contributed by atoms with Crippen molar-refractivity contribution < 1.29 is 14.3 Å². The summed E-state index contributed by atoms with van der Waals surface area (Å²) < 4.78 is 5.51. The van der Waals surface area contributed by atoms with Gasteiger partial charge in [0.15, 0.2) is 6.61 Å². The average Bonchev–Trinajstić information content (AvgIpc) is 2.64. The molecule has 0 unspecified atom stereocenters. The van der Waals surface area contributed by atoms with Crippen LogP contribution >= 0.6 is 0 Å². The molecule has 2 aromatic carbocycles. The molecule has 5 nitrogen and oxygen atoms in total. The van der Waals surface area contributed by atoms with Crippen molar-refractivity contribution in [1.82, 2.24) is 0 Å². The lowest BCUT2D eigenvalue weighted by Gasteiger charge is -2.29. The Bertz CT molecular complexity index is 799. The predicted molar refractivity (Wildman–Crippen MR) is 103 cm³/mol. The SMILES string of the molecule is CCCN1C(=O)CCc2cc(NC(=O)COc3ccc(C)cc3)ccc21. The lowest BCUT2D eigenvalue weighted by Crippen LogP contribution is -2.35. The minimum atomic E-state index is -0.206. The highest BCUT2D eigenvalue weighted by Gasteiger charge is 2.23. The summed E-state index contributed by atoms with van der Waals surface area (Å²) in [4.78, 5) is 26.1. The molecule has 1 heterocycles. The number of carbonyl (C=O) groups excluding carboxylic acids is 2. The fourth-order valence-electron chi connectivity index (χ4n) is 3.09. The van der Waals surface area contributed by atoms with Gasteiger partial charge >= 0.3 is 0 Å². The van der Waals surface area contributed by atoms with Gasteiger partial charge in [0.1, 0.15) is 5.75 Å². The molecule has 2 amide bonds. The van der Waals surface area contributed by atoms with Gasteiger partial charge in [0, 0.05) is 24.3 Å². The first-order valence-electron chi connectivity index (χ1n) is 8.99. The van der Waals surface area contributed by atoms with Gasteiger partial charge in [0.25, 0.3) is 5.91 Å². The van der Waals surface area contributed by atoms with Crippen LogP contribution in [0.3, 0.4) is 0 Å². The van der Waals surface area contributed by atoms with Gasteiger partial charge in [0.2, 0.25) is 5.91 Å². The molecule has 5 heteroatoms. The number of nitrogens with zero attached hydrogens (tertiary/aromatic N) is 1. The number of rotatable bonds is 6. The molecule has 1 N–H and O–H groups in total. The van der Waals surface area contributed by atoms with E-state index in [1.165, 1.54) is 0 Å². The van der Waals surface area contributed by atoms with Crippen molar-refractivity contribution in [2.45, 2.75) is 33.1 Å². The Labute approximate surface area is 154 Å². The zero-order valence-corrected chi connectivity index (χ0v) is 15.2. The molecule has 2 aromatic rings.